The van der Waals surface area contributed by atoms with Crippen LogP contribution in [0.25, 0.3) is 4.85 Å². The number of aryl methyl sites for hydroxylation is 1. The summed E-state index contributed by atoms with van der Waals surface area (Å²) in [6.07, 6.45) is 0. The van der Waals surface area contributed by atoms with E-state index < -0.39 is 0 Å². The molecule has 0 fully saturated rings. The molecular formula is C10H12N+. The molecular weight excluding hydrogens is 134 g/mol. The van der Waals surface area contributed by atoms with Gasteiger partial charge >= 0.3 is 0 Å². The average molecular weight is 146 g/mol. The van der Waals surface area contributed by atoms with Gasteiger partial charge in [0.05, 0.1) is 6.92 Å². The van der Waals surface area contributed by atoms with Gasteiger partial charge in [-0.2, -0.15) is 0 Å². The van der Waals surface area contributed by atoms with Gasteiger partial charge in [-0.15, -0.1) is 0 Å². The monoisotopic (exact) mass is 146 g/mol. The lowest BCUT2D eigenvalue weighted by atomic mass is 10.1. The second-order valence-electron chi connectivity index (χ2n) is 2.47. The maximum Gasteiger partial charge on any atom is 0.288 e. The third-order valence-electron chi connectivity index (χ3n) is 1.67. The van der Waals surface area contributed by atoms with Gasteiger partial charge in [0, 0.05) is 5.56 Å². The van der Waals surface area contributed by atoms with Crippen LogP contribution in [0, 0.1) is 13.0 Å². The highest BCUT2D eigenvalue weighted by Gasteiger charge is 1.99. The van der Waals surface area contributed by atoms with Crippen molar-refractivity contribution in [1.29, 1.82) is 0 Å². The average Bonchev–Trinajstić information content (AvgIpc) is 2.03. The van der Waals surface area contributed by atoms with Gasteiger partial charge < -0.3 is 0 Å². The first-order valence-electron chi connectivity index (χ1n) is 3.72. The van der Waals surface area contributed by atoms with Gasteiger partial charge in [0.15, 0.2) is 0 Å². The van der Waals surface area contributed by atoms with Gasteiger partial charge in [-0.25, -0.2) is 0 Å². The van der Waals surface area contributed by atoms with Crippen molar-refractivity contribution in [3.8, 4) is 6.07 Å². The van der Waals surface area contributed by atoms with E-state index in [1.54, 1.807) is 0 Å². The smallest absolute Gasteiger partial charge is 0.0788 e. The Labute approximate surface area is 67.5 Å². The predicted octanol–water partition coefficient (Wildman–Crippen LogP) is 2.85. The normalized spacial score (nSPS) is 8.55. The van der Waals surface area contributed by atoms with Crippen LogP contribution >= 0.6 is 0 Å². The van der Waals surface area contributed by atoms with Gasteiger partial charge in [-0.1, -0.05) is 29.1 Å². The number of hydrogen-bond acceptors (Lipinski definition) is 0. The van der Waals surface area contributed by atoms with E-state index in [-0.39, 0.29) is 0 Å². The molecule has 1 aromatic rings. The van der Waals surface area contributed by atoms with Crippen LogP contribution in [0.15, 0.2) is 24.3 Å². The zero-order chi connectivity index (χ0) is 8.10. The van der Waals surface area contributed by atoms with Crippen molar-refractivity contribution in [1.82, 2.24) is 0 Å². The molecule has 0 unspecified atom stereocenters. The topological polar surface area (TPSA) is 4.36 Å². The van der Waals surface area contributed by atoms with E-state index in [2.05, 4.69) is 30.0 Å². The lowest BCUT2D eigenvalue weighted by Gasteiger charge is -1.93. The number of nitrogens with zero attached hydrogens (tertiary/aromatic N) is 1. The van der Waals surface area contributed by atoms with Crippen LogP contribution < -0.4 is 0 Å². The van der Waals surface area contributed by atoms with Crippen LogP contribution in [0.4, 0.5) is 0 Å². The third kappa shape index (κ3) is 2.09. The first-order valence-corrected chi connectivity index (χ1v) is 3.72. The Bertz CT molecular complexity index is 291. The Hall–Kier alpha value is -1.29. The van der Waals surface area contributed by atoms with Crippen molar-refractivity contribution >= 4 is 0 Å². The van der Waals surface area contributed by atoms with Crippen molar-refractivity contribution in [3.05, 3.63) is 40.2 Å². The largest absolute Gasteiger partial charge is 0.288 e. The van der Waals surface area contributed by atoms with Gasteiger partial charge in [-0.05, 0) is 12.5 Å². The van der Waals surface area contributed by atoms with E-state index in [9.17, 15) is 0 Å². The van der Waals surface area contributed by atoms with E-state index in [0.29, 0.717) is 0 Å². The van der Waals surface area contributed by atoms with E-state index in [4.69, 9.17) is 0 Å². The molecule has 56 valence electrons. The molecule has 0 atom stereocenters. The first-order chi connectivity index (χ1) is 5.34. The minimum Gasteiger partial charge on any atom is -0.0788 e. The molecule has 0 N–H and O–H groups in total. The van der Waals surface area contributed by atoms with Crippen molar-refractivity contribution in [3.63, 3.8) is 0 Å². The quantitative estimate of drug-likeness (QED) is 0.573. The molecule has 0 heterocycles. The van der Waals surface area contributed by atoms with Crippen LogP contribution in [0.1, 0.15) is 18.1 Å². The van der Waals surface area contributed by atoms with Crippen molar-refractivity contribution < 1.29 is 0 Å². The standard InChI is InChI=1S/C10H12N/c1-3-11-8-10-7-5-4-6-9(10)2/h4-7H,8H2,1-2H3/q+1. The van der Waals surface area contributed by atoms with Gasteiger partial charge in [0.25, 0.3) is 12.6 Å². The lowest BCUT2D eigenvalue weighted by molar-refractivity contribution is 1.21. The second kappa shape index (κ2) is 3.78. The third-order valence-corrected chi connectivity index (χ3v) is 1.67. The Morgan fingerprint density at radius 1 is 1.36 bits per heavy atom. The zero-order valence-electron chi connectivity index (χ0n) is 6.96. The van der Waals surface area contributed by atoms with Crippen molar-refractivity contribution in [2.24, 2.45) is 0 Å². The zero-order valence-corrected chi connectivity index (χ0v) is 6.96. The van der Waals surface area contributed by atoms with Crippen LogP contribution in [0.2, 0.25) is 0 Å². The highest BCUT2D eigenvalue weighted by molar-refractivity contribution is 5.26. The molecule has 0 aromatic heterocycles. The molecule has 1 nitrogen and oxygen atoms in total. The fraction of sp³-hybridized carbons (Fsp3) is 0.300. The van der Waals surface area contributed by atoms with Gasteiger partial charge in [0.1, 0.15) is 0 Å². The summed E-state index contributed by atoms with van der Waals surface area (Å²) in [5.41, 5.74) is 2.58. The molecule has 0 saturated carbocycles. The van der Waals surface area contributed by atoms with Crippen LogP contribution in [-0.2, 0) is 6.54 Å². The van der Waals surface area contributed by atoms with E-state index in [1.165, 1.54) is 11.1 Å². The summed E-state index contributed by atoms with van der Waals surface area (Å²) in [7, 11) is 0. The van der Waals surface area contributed by atoms with Gasteiger partial charge in [-0.3, -0.25) is 0 Å². The second-order valence-corrected chi connectivity index (χ2v) is 2.47. The maximum atomic E-state index is 4.05. The summed E-state index contributed by atoms with van der Waals surface area (Å²) in [4.78, 5) is 4.05. The van der Waals surface area contributed by atoms with E-state index >= 15 is 0 Å². The molecule has 11 heavy (non-hydrogen) atoms. The molecule has 1 rings (SSSR count). The minimum atomic E-state index is 0.753. The Balaban J connectivity index is 2.83. The van der Waals surface area contributed by atoms with Crippen LogP contribution in [-0.4, -0.2) is 0 Å². The maximum absolute atomic E-state index is 4.05. The van der Waals surface area contributed by atoms with Gasteiger partial charge in [0.2, 0.25) is 0 Å². The highest BCUT2D eigenvalue weighted by atomic mass is 14.6. The number of hydrogen-bond donors (Lipinski definition) is 0. The number of benzene rings is 1. The van der Waals surface area contributed by atoms with Crippen LogP contribution in [0.5, 0.6) is 0 Å². The summed E-state index contributed by atoms with van der Waals surface area (Å²) in [6.45, 7) is 4.67. The Morgan fingerprint density at radius 3 is 2.73 bits per heavy atom. The Kier molecular flexibility index (Phi) is 2.68. The molecule has 0 radical (unpaired) electrons. The summed E-state index contributed by atoms with van der Waals surface area (Å²) >= 11 is 0. The summed E-state index contributed by atoms with van der Waals surface area (Å²) in [5, 5.41) is 0. The molecule has 0 bridgehead atoms. The fourth-order valence-corrected chi connectivity index (χ4v) is 0.952. The molecule has 0 aliphatic heterocycles. The molecule has 1 heteroatoms. The number of rotatable bonds is 1. The summed E-state index contributed by atoms with van der Waals surface area (Å²) < 4.78 is 0. The molecule has 0 amide bonds. The molecule has 1 aromatic carbocycles. The lowest BCUT2D eigenvalue weighted by Crippen LogP contribution is -1.83. The molecule has 0 spiro atoms. The van der Waals surface area contributed by atoms with Crippen molar-refractivity contribution in [2.45, 2.75) is 20.4 Å². The van der Waals surface area contributed by atoms with Crippen LogP contribution in [0.3, 0.4) is 0 Å². The SMILES string of the molecule is CC#[N+]Cc1ccccc1C. The minimum absolute atomic E-state index is 0.753. The Morgan fingerprint density at radius 2 is 2.09 bits per heavy atom. The fourth-order valence-electron chi connectivity index (χ4n) is 0.952. The molecule has 0 aliphatic carbocycles. The predicted molar refractivity (Wildman–Crippen MR) is 47.8 cm³/mol. The first kappa shape index (κ1) is 7.81. The molecule has 0 aliphatic rings. The summed E-state index contributed by atoms with van der Waals surface area (Å²) in [6, 6.07) is 11.0. The van der Waals surface area contributed by atoms with Crippen molar-refractivity contribution in [2.75, 3.05) is 0 Å². The van der Waals surface area contributed by atoms with E-state index in [1.807, 2.05) is 19.1 Å². The summed E-state index contributed by atoms with van der Waals surface area (Å²) in [5.74, 6) is 0. The van der Waals surface area contributed by atoms with E-state index in [0.717, 1.165) is 6.54 Å². The highest BCUT2D eigenvalue weighted by Crippen LogP contribution is 2.07. The molecule has 0 saturated heterocycles.